The molecule has 4 amide bonds. The molecule has 0 aliphatic carbocycles. The Kier molecular flexibility index (Phi) is 9.21. The van der Waals surface area contributed by atoms with E-state index in [-0.39, 0.29) is 12.1 Å². The molecule has 2 aromatic rings. The number of carbonyl (C=O) groups excluding carboxylic acids is 2. The number of hydrogen-bond acceptors (Lipinski definition) is 2. The SMILES string of the molecule is CN(C)C(=O)Nc1ccc(Cl)c(Cl)c1.CN(C)C(=O)Nc1ccc(Cl)cc1. The molecule has 0 atom stereocenters. The molecule has 0 aliphatic heterocycles. The summed E-state index contributed by atoms with van der Waals surface area (Å²) in [6.45, 7) is 0. The molecule has 0 unspecified atom stereocenters. The first kappa shape index (κ1) is 22.9. The van der Waals surface area contributed by atoms with Crippen LogP contribution in [0, 0.1) is 0 Å². The molecule has 0 radical (unpaired) electrons. The molecule has 6 nitrogen and oxygen atoms in total. The van der Waals surface area contributed by atoms with Gasteiger partial charge in [0.25, 0.3) is 0 Å². The second-order valence-corrected chi connectivity index (χ2v) is 7.04. The molecule has 2 aromatic carbocycles. The van der Waals surface area contributed by atoms with Gasteiger partial charge in [-0.15, -0.1) is 0 Å². The third-order valence-corrected chi connectivity index (χ3v) is 4.07. The summed E-state index contributed by atoms with van der Waals surface area (Å²) in [5, 5.41) is 6.89. The van der Waals surface area contributed by atoms with E-state index in [1.807, 2.05) is 0 Å². The quantitative estimate of drug-likeness (QED) is 0.657. The highest BCUT2D eigenvalue weighted by atomic mass is 35.5. The average molecular weight is 432 g/mol. The van der Waals surface area contributed by atoms with Gasteiger partial charge in [-0.05, 0) is 42.5 Å². The minimum atomic E-state index is -0.205. The van der Waals surface area contributed by atoms with Crippen molar-refractivity contribution in [3.05, 3.63) is 57.5 Å². The van der Waals surface area contributed by atoms with Gasteiger partial charge in [-0.1, -0.05) is 34.8 Å². The van der Waals surface area contributed by atoms with Crippen molar-refractivity contribution in [2.24, 2.45) is 0 Å². The van der Waals surface area contributed by atoms with Crippen LogP contribution in [-0.2, 0) is 0 Å². The summed E-state index contributed by atoms with van der Waals surface area (Å²) in [5.41, 5.74) is 1.36. The van der Waals surface area contributed by atoms with Crippen molar-refractivity contribution in [1.29, 1.82) is 0 Å². The van der Waals surface area contributed by atoms with E-state index < -0.39 is 0 Å². The number of halogens is 3. The lowest BCUT2D eigenvalue weighted by atomic mass is 10.3. The van der Waals surface area contributed by atoms with Gasteiger partial charge in [-0.3, -0.25) is 0 Å². The molecule has 146 valence electrons. The van der Waals surface area contributed by atoms with Crippen LogP contribution in [0.5, 0.6) is 0 Å². The number of rotatable bonds is 2. The van der Waals surface area contributed by atoms with Gasteiger partial charge in [0.15, 0.2) is 0 Å². The maximum Gasteiger partial charge on any atom is 0.321 e. The van der Waals surface area contributed by atoms with Gasteiger partial charge >= 0.3 is 12.1 Å². The van der Waals surface area contributed by atoms with Gasteiger partial charge in [0.05, 0.1) is 10.0 Å². The molecule has 0 fully saturated rings. The second kappa shape index (κ2) is 10.9. The van der Waals surface area contributed by atoms with E-state index in [0.717, 1.165) is 5.69 Å². The number of nitrogens with zero attached hydrogens (tertiary/aromatic N) is 2. The predicted molar refractivity (Wildman–Crippen MR) is 113 cm³/mol. The molecule has 2 N–H and O–H groups in total. The van der Waals surface area contributed by atoms with E-state index in [4.69, 9.17) is 34.8 Å². The Labute approximate surface area is 174 Å². The van der Waals surface area contributed by atoms with Gasteiger partial charge in [0, 0.05) is 44.6 Å². The number of amides is 4. The van der Waals surface area contributed by atoms with E-state index in [1.54, 1.807) is 70.7 Å². The van der Waals surface area contributed by atoms with Crippen LogP contribution in [-0.4, -0.2) is 50.1 Å². The highest BCUT2D eigenvalue weighted by molar-refractivity contribution is 6.42. The molecular weight excluding hydrogens is 411 g/mol. The summed E-state index contributed by atoms with van der Waals surface area (Å²) in [5.74, 6) is 0. The van der Waals surface area contributed by atoms with Crippen LogP contribution in [0.2, 0.25) is 15.1 Å². The van der Waals surface area contributed by atoms with Crippen LogP contribution < -0.4 is 10.6 Å². The normalized spacial score (nSPS) is 9.59. The molecule has 0 aromatic heterocycles. The third kappa shape index (κ3) is 8.39. The Morgan fingerprint density at radius 2 is 1.15 bits per heavy atom. The minimum absolute atomic E-state index is 0.151. The lowest BCUT2D eigenvalue weighted by Gasteiger charge is -2.12. The van der Waals surface area contributed by atoms with E-state index in [9.17, 15) is 9.59 Å². The predicted octanol–water partition coefficient (Wildman–Crippen LogP) is 5.52. The van der Waals surface area contributed by atoms with E-state index in [1.165, 1.54) is 9.80 Å². The second-order valence-electron chi connectivity index (χ2n) is 5.78. The van der Waals surface area contributed by atoms with Crippen LogP contribution in [0.1, 0.15) is 0 Å². The monoisotopic (exact) mass is 430 g/mol. The number of benzene rings is 2. The van der Waals surface area contributed by atoms with Crippen LogP contribution in [0.4, 0.5) is 21.0 Å². The van der Waals surface area contributed by atoms with E-state index >= 15 is 0 Å². The summed E-state index contributed by atoms with van der Waals surface area (Å²) in [4.78, 5) is 25.3. The van der Waals surface area contributed by atoms with Crippen LogP contribution >= 0.6 is 34.8 Å². The van der Waals surface area contributed by atoms with E-state index in [2.05, 4.69) is 10.6 Å². The average Bonchev–Trinajstić information content (AvgIpc) is 2.60. The van der Waals surface area contributed by atoms with Crippen molar-refractivity contribution >= 4 is 58.2 Å². The lowest BCUT2D eigenvalue weighted by Crippen LogP contribution is -2.27. The zero-order chi connectivity index (χ0) is 20.6. The summed E-state index contributed by atoms with van der Waals surface area (Å²) >= 11 is 17.2. The zero-order valence-corrected chi connectivity index (χ0v) is 17.7. The van der Waals surface area contributed by atoms with Gasteiger partial charge in [-0.2, -0.15) is 0 Å². The molecule has 0 aliphatic rings. The fraction of sp³-hybridized carbons (Fsp3) is 0.222. The number of hydrogen-bond donors (Lipinski definition) is 2. The number of urea groups is 2. The largest absolute Gasteiger partial charge is 0.331 e. The first-order valence-corrected chi connectivity index (χ1v) is 8.90. The molecule has 0 saturated heterocycles. The van der Waals surface area contributed by atoms with Gasteiger partial charge in [-0.25, -0.2) is 9.59 Å². The third-order valence-electron chi connectivity index (χ3n) is 3.08. The Morgan fingerprint density at radius 1 is 0.704 bits per heavy atom. The minimum Gasteiger partial charge on any atom is -0.331 e. The van der Waals surface area contributed by atoms with Crippen molar-refractivity contribution in [3.8, 4) is 0 Å². The number of carbonyl (C=O) groups is 2. The molecule has 0 heterocycles. The van der Waals surface area contributed by atoms with Crippen molar-refractivity contribution in [1.82, 2.24) is 9.80 Å². The fourth-order valence-corrected chi connectivity index (χ4v) is 2.00. The molecule has 27 heavy (non-hydrogen) atoms. The first-order chi connectivity index (χ1) is 12.6. The molecule has 2 rings (SSSR count). The fourth-order valence-electron chi connectivity index (χ4n) is 1.58. The van der Waals surface area contributed by atoms with Crippen LogP contribution in [0.25, 0.3) is 0 Å². The number of anilines is 2. The van der Waals surface area contributed by atoms with Crippen molar-refractivity contribution < 1.29 is 9.59 Å². The Hall–Kier alpha value is -2.15. The summed E-state index contributed by atoms with van der Waals surface area (Å²) in [6, 6.07) is 11.5. The lowest BCUT2D eigenvalue weighted by molar-refractivity contribution is 0.230. The summed E-state index contributed by atoms with van der Waals surface area (Å²) < 4.78 is 0. The summed E-state index contributed by atoms with van der Waals surface area (Å²) in [6.07, 6.45) is 0. The first-order valence-electron chi connectivity index (χ1n) is 7.77. The number of nitrogens with one attached hydrogen (secondary N) is 2. The van der Waals surface area contributed by atoms with Gasteiger partial charge in [0.1, 0.15) is 0 Å². The molecule has 0 spiro atoms. The molecule has 0 saturated carbocycles. The molecule has 0 bridgehead atoms. The maximum absolute atomic E-state index is 11.2. The van der Waals surface area contributed by atoms with Gasteiger partial charge < -0.3 is 20.4 Å². The van der Waals surface area contributed by atoms with Crippen molar-refractivity contribution in [3.63, 3.8) is 0 Å². The van der Waals surface area contributed by atoms with E-state index in [0.29, 0.717) is 20.8 Å². The Morgan fingerprint density at radius 3 is 1.59 bits per heavy atom. The Bertz CT molecular complexity index is 781. The Balaban J connectivity index is 0.000000271. The zero-order valence-electron chi connectivity index (χ0n) is 15.4. The standard InChI is InChI=1S/C9H10Cl2N2O.C9H11ClN2O/c1-13(2)9(14)12-6-3-4-7(10)8(11)5-6;1-12(2)9(13)11-8-5-3-7(10)4-6-8/h3-5H,1-2H3,(H,12,14);3-6H,1-2H3,(H,11,13). The van der Waals surface area contributed by atoms with Gasteiger partial charge in [0.2, 0.25) is 0 Å². The summed E-state index contributed by atoms with van der Waals surface area (Å²) in [7, 11) is 6.69. The highest BCUT2D eigenvalue weighted by Gasteiger charge is 2.05. The highest BCUT2D eigenvalue weighted by Crippen LogP contribution is 2.25. The molecular formula is C18H21Cl3N4O2. The smallest absolute Gasteiger partial charge is 0.321 e. The van der Waals surface area contributed by atoms with Crippen LogP contribution in [0.15, 0.2) is 42.5 Å². The van der Waals surface area contributed by atoms with Crippen molar-refractivity contribution in [2.75, 3.05) is 38.8 Å². The molecule has 9 heteroatoms. The topological polar surface area (TPSA) is 64.7 Å². The maximum atomic E-state index is 11.2. The van der Waals surface area contributed by atoms with Crippen molar-refractivity contribution in [2.45, 2.75) is 0 Å². The van der Waals surface area contributed by atoms with Crippen LogP contribution in [0.3, 0.4) is 0 Å².